The molecular weight excluding hydrogens is 524 g/mol. The Bertz CT molecular complexity index is 1730. The lowest BCUT2D eigenvalue weighted by Gasteiger charge is -2.24. The molecule has 0 saturated heterocycles. The highest BCUT2D eigenvalue weighted by atomic mass is 32.1. The number of unbranched alkanes of at least 4 members (excludes halogenated alkanes) is 2. The number of Topliss-reactive ketones (excluding diaryl/α,β-unsaturated/α-hetero) is 1. The summed E-state index contributed by atoms with van der Waals surface area (Å²) in [5.41, 5.74) is 2.96. The van der Waals surface area contributed by atoms with Gasteiger partial charge in [0, 0.05) is 5.39 Å². The van der Waals surface area contributed by atoms with Crippen molar-refractivity contribution in [3.8, 4) is 5.75 Å². The summed E-state index contributed by atoms with van der Waals surface area (Å²) in [5, 5.41) is 12.3. The zero-order valence-electron chi connectivity index (χ0n) is 22.2. The number of rotatable bonds is 9. The molecule has 0 radical (unpaired) electrons. The molecule has 5 aromatic rings. The zero-order valence-corrected chi connectivity index (χ0v) is 23.0. The molecule has 0 bridgehead atoms. The molecule has 1 N–H and O–H groups in total. The van der Waals surface area contributed by atoms with E-state index in [0.29, 0.717) is 28.6 Å². The number of anilines is 1. The first-order valence-electron chi connectivity index (χ1n) is 13.3. The highest BCUT2D eigenvalue weighted by molar-refractivity contribution is 7.22. The Morgan fingerprint density at radius 1 is 1.07 bits per heavy atom. The summed E-state index contributed by atoms with van der Waals surface area (Å²) in [7, 11) is 0. The van der Waals surface area contributed by atoms with E-state index in [0.717, 1.165) is 40.4 Å². The number of aryl methyl sites for hydroxylation is 1. The molecule has 202 valence electrons. The van der Waals surface area contributed by atoms with Gasteiger partial charge in [0.05, 0.1) is 28.4 Å². The van der Waals surface area contributed by atoms with E-state index >= 15 is 0 Å². The summed E-state index contributed by atoms with van der Waals surface area (Å²) in [6.07, 6.45) is 3.17. The van der Waals surface area contributed by atoms with Gasteiger partial charge in [0.2, 0.25) is 5.78 Å². The van der Waals surface area contributed by atoms with Crippen molar-refractivity contribution in [2.24, 2.45) is 0 Å². The van der Waals surface area contributed by atoms with E-state index in [4.69, 9.17) is 14.1 Å². The molecule has 0 fully saturated rings. The molecule has 40 heavy (non-hydrogen) atoms. The molecule has 3 aromatic carbocycles. The molecule has 0 unspecified atom stereocenters. The smallest absolute Gasteiger partial charge is 0.296 e. The van der Waals surface area contributed by atoms with Crippen LogP contribution in [-0.2, 0) is 4.79 Å². The number of hydrogen-bond acceptors (Lipinski definition) is 7. The van der Waals surface area contributed by atoms with E-state index in [1.807, 2.05) is 67.6 Å². The zero-order chi connectivity index (χ0) is 27.8. The maximum Gasteiger partial charge on any atom is 0.296 e. The number of thiazole rings is 1. The van der Waals surface area contributed by atoms with Crippen molar-refractivity contribution in [2.45, 2.75) is 39.2 Å². The fourth-order valence-electron chi connectivity index (χ4n) is 4.99. The second kappa shape index (κ2) is 10.6. The molecule has 3 heterocycles. The predicted molar refractivity (Wildman–Crippen MR) is 156 cm³/mol. The summed E-state index contributed by atoms with van der Waals surface area (Å²) >= 11 is 1.34. The van der Waals surface area contributed by atoms with Gasteiger partial charge in [-0.2, -0.15) is 0 Å². The molecule has 6 rings (SSSR count). The molecule has 8 heteroatoms. The SMILES string of the molecule is CCCCCOc1ccc([C@@H]2C(C(=O)c3cc4ccccc4o3)=C(O)C(=O)N2c2nc3ccc(C)cc3s2)cc1. The number of para-hydroxylation sites is 1. The minimum atomic E-state index is -0.899. The van der Waals surface area contributed by atoms with Crippen LogP contribution >= 0.6 is 11.3 Å². The summed E-state index contributed by atoms with van der Waals surface area (Å²) in [4.78, 5) is 33.6. The Labute approximate surface area is 235 Å². The van der Waals surface area contributed by atoms with Crippen LogP contribution in [0.3, 0.4) is 0 Å². The number of carbonyl (C=O) groups is 2. The monoisotopic (exact) mass is 552 g/mol. The molecule has 0 saturated carbocycles. The molecule has 1 amide bonds. The second-order valence-electron chi connectivity index (χ2n) is 9.91. The second-order valence-corrected chi connectivity index (χ2v) is 10.9. The average Bonchev–Trinajstić information content (AvgIpc) is 3.65. The molecule has 7 nitrogen and oxygen atoms in total. The van der Waals surface area contributed by atoms with E-state index in [1.54, 1.807) is 12.1 Å². The van der Waals surface area contributed by atoms with Gasteiger partial charge in [-0.1, -0.05) is 67.5 Å². The van der Waals surface area contributed by atoms with Gasteiger partial charge in [0.25, 0.3) is 5.91 Å². The van der Waals surface area contributed by atoms with Gasteiger partial charge in [-0.15, -0.1) is 0 Å². The van der Waals surface area contributed by atoms with Crippen molar-refractivity contribution < 1.29 is 23.8 Å². The number of ketones is 1. The van der Waals surface area contributed by atoms with Crippen molar-refractivity contribution in [3.63, 3.8) is 0 Å². The number of aliphatic hydroxyl groups is 1. The molecule has 1 aliphatic heterocycles. The number of aliphatic hydroxyl groups excluding tert-OH is 1. The number of fused-ring (bicyclic) bond motifs is 2. The lowest BCUT2D eigenvalue weighted by Crippen LogP contribution is -2.30. The Kier molecular flexibility index (Phi) is 6.86. The molecule has 1 aliphatic rings. The van der Waals surface area contributed by atoms with Crippen molar-refractivity contribution in [1.29, 1.82) is 0 Å². The van der Waals surface area contributed by atoms with Crippen molar-refractivity contribution in [1.82, 2.24) is 4.98 Å². The number of amides is 1. The summed E-state index contributed by atoms with van der Waals surface area (Å²) < 4.78 is 12.6. The van der Waals surface area contributed by atoms with E-state index in [9.17, 15) is 14.7 Å². The van der Waals surface area contributed by atoms with Crippen LogP contribution in [0.25, 0.3) is 21.2 Å². The van der Waals surface area contributed by atoms with Crippen LogP contribution < -0.4 is 9.64 Å². The van der Waals surface area contributed by atoms with Gasteiger partial charge in [0.15, 0.2) is 16.7 Å². The van der Waals surface area contributed by atoms with Gasteiger partial charge < -0.3 is 14.3 Å². The number of nitrogens with zero attached hydrogens (tertiary/aromatic N) is 2. The first-order valence-corrected chi connectivity index (χ1v) is 14.2. The van der Waals surface area contributed by atoms with Gasteiger partial charge in [0.1, 0.15) is 11.3 Å². The Morgan fingerprint density at radius 3 is 2.65 bits per heavy atom. The number of ether oxygens (including phenoxy) is 1. The fourth-order valence-corrected chi connectivity index (χ4v) is 6.08. The molecule has 2 aromatic heterocycles. The molecule has 0 aliphatic carbocycles. The molecule has 1 atom stereocenters. The van der Waals surface area contributed by atoms with Crippen LogP contribution in [0.1, 0.15) is 53.9 Å². The van der Waals surface area contributed by atoms with Crippen molar-refractivity contribution in [3.05, 3.63) is 101 Å². The van der Waals surface area contributed by atoms with Gasteiger partial charge in [-0.25, -0.2) is 4.98 Å². The van der Waals surface area contributed by atoms with Crippen LogP contribution in [0.5, 0.6) is 5.75 Å². The van der Waals surface area contributed by atoms with Crippen molar-refractivity contribution >= 4 is 49.3 Å². The first-order chi connectivity index (χ1) is 19.4. The summed E-state index contributed by atoms with van der Waals surface area (Å²) in [6, 6.07) is 21.2. The Hall–Kier alpha value is -4.43. The standard InChI is InChI=1S/C32H28N2O5S/c1-3-4-7-16-38-22-13-11-20(12-14-22)28-27(29(35)25-18-21-8-5-6-9-24(21)39-25)30(36)31(37)34(28)32-33-23-15-10-19(2)17-26(23)40-32/h5-6,8-15,17-18,28,36H,3-4,7,16H2,1-2H3/t28-/m1/s1. The Morgan fingerprint density at radius 2 is 1.88 bits per heavy atom. The maximum absolute atomic E-state index is 13.9. The minimum absolute atomic E-state index is 0.0453. The van der Waals surface area contributed by atoms with Crippen LogP contribution in [-0.4, -0.2) is 28.4 Å². The largest absolute Gasteiger partial charge is 0.503 e. The summed E-state index contributed by atoms with van der Waals surface area (Å²) in [5.74, 6) is -1.08. The third kappa shape index (κ3) is 4.64. The lowest BCUT2D eigenvalue weighted by molar-refractivity contribution is -0.117. The van der Waals surface area contributed by atoms with Crippen LogP contribution in [0.2, 0.25) is 0 Å². The highest BCUT2D eigenvalue weighted by Crippen LogP contribution is 2.44. The van der Waals surface area contributed by atoms with Gasteiger partial charge in [-0.3, -0.25) is 14.5 Å². The number of carbonyl (C=O) groups excluding carboxylic acids is 2. The normalized spacial score (nSPS) is 15.5. The average molecular weight is 553 g/mol. The number of hydrogen-bond donors (Lipinski definition) is 1. The molecular formula is C32H28N2O5S. The number of aromatic nitrogens is 1. The van der Waals surface area contributed by atoms with Gasteiger partial charge >= 0.3 is 0 Å². The third-order valence-electron chi connectivity index (χ3n) is 7.05. The van der Waals surface area contributed by atoms with E-state index in [-0.39, 0.29) is 11.3 Å². The minimum Gasteiger partial charge on any atom is -0.503 e. The van der Waals surface area contributed by atoms with E-state index in [2.05, 4.69) is 6.92 Å². The molecule has 0 spiro atoms. The van der Waals surface area contributed by atoms with Crippen LogP contribution in [0, 0.1) is 6.92 Å². The fraction of sp³-hybridized carbons (Fsp3) is 0.219. The maximum atomic E-state index is 13.9. The number of benzene rings is 3. The lowest BCUT2D eigenvalue weighted by atomic mass is 9.95. The highest BCUT2D eigenvalue weighted by Gasteiger charge is 2.46. The third-order valence-corrected chi connectivity index (χ3v) is 8.07. The van der Waals surface area contributed by atoms with Crippen molar-refractivity contribution in [2.75, 3.05) is 11.5 Å². The predicted octanol–water partition coefficient (Wildman–Crippen LogP) is 7.70. The first kappa shape index (κ1) is 25.8. The topological polar surface area (TPSA) is 92.9 Å². The van der Waals surface area contributed by atoms with Gasteiger partial charge in [-0.05, 0) is 60.9 Å². The quantitative estimate of drug-likeness (QED) is 0.149. The summed E-state index contributed by atoms with van der Waals surface area (Å²) in [6.45, 7) is 4.75. The van der Waals surface area contributed by atoms with Crippen LogP contribution in [0.4, 0.5) is 5.13 Å². The number of furan rings is 1. The van der Waals surface area contributed by atoms with E-state index in [1.165, 1.54) is 16.2 Å². The van der Waals surface area contributed by atoms with Crippen LogP contribution in [0.15, 0.2) is 88.5 Å². The van der Waals surface area contributed by atoms with E-state index < -0.39 is 23.5 Å². The Balaban J connectivity index is 1.42.